The molecule has 0 unspecified atom stereocenters. The van der Waals surface area contributed by atoms with E-state index in [1.165, 1.54) is 16.7 Å². The van der Waals surface area contributed by atoms with Gasteiger partial charge in [0.15, 0.2) is 0 Å². The van der Waals surface area contributed by atoms with Gasteiger partial charge in [0.25, 0.3) is 0 Å². The highest BCUT2D eigenvalue weighted by Crippen LogP contribution is 2.35. The maximum absolute atomic E-state index is 11.6. The summed E-state index contributed by atoms with van der Waals surface area (Å²) in [6, 6.07) is 24.1. The minimum atomic E-state index is -1.01. The van der Waals surface area contributed by atoms with Crippen LogP contribution in [0.5, 0.6) is 0 Å². The summed E-state index contributed by atoms with van der Waals surface area (Å²) in [5.74, 6) is 0. The third-order valence-corrected chi connectivity index (χ3v) is 5.21. The Hall–Kier alpha value is -1.69. The quantitative estimate of drug-likeness (QED) is 0.551. The van der Waals surface area contributed by atoms with Crippen molar-refractivity contribution in [1.82, 2.24) is 0 Å². The first-order chi connectivity index (χ1) is 12.0. The fourth-order valence-corrected chi connectivity index (χ4v) is 3.47. The minimum absolute atomic E-state index is 0. The molecule has 0 amide bonds. The standard InChI is InChI=1S/C23H25NO.HI/c1-17-13-14-22(24)21(18(17)2)15-16-23(25,19-9-5-3-6-10-19)20-11-7-4-8-12-20;/h3-14,25H,15-16,24H2,1-2H3;1H. The molecule has 26 heavy (non-hydrogen) atoms. The van der Waals surface area contributed by atoms with Crippen molar-refractivity contribution in [3.8, 4) is 0 Å². The number of hydrogen-bond donors (Lipinski definition) is 2. The topological polar surface area (TPSA) is 47.9 Å². The molecule has 4 N–H and O–H groups in total. The van der Waals surface area contributed by atoms with Crippen molar-refractivity contribution in [3.05, 3.63) is 101 Å². The predicted octanol–water partition coefficient (Wildman–Crippen LogP) is 1.05. The Balaban J connectivity index is 0.00000243. The first-order valence-corrected chi connectivity index (χ1v) is 8.77. The van der Waals surface area contributed by atoms with Crippen molar-refractivity contribution in [2.45, 2.75) is 32.3 Å². The Morgan fingerprint density at radius 2 is 1.31 bits per heavy atom. The molecule has 0 radical (unpaired) electrons. The number of aryl methyl sites for hydroxylation is 1. The first-order valence-electron chi connectivity index (χ1n) is 8.77. The lowest BCUT2D eigenvalue weighted by atomic mass is 9.81. The molecule has 3 rings (SSSR count). The van der Waals surface area contributed by atoms with Crippen LogP contribution in [0, 0.1) is 13.8 Å². The Morgan fingerprint density at radius 3 is 1.81 bits per heavy atom. The van der Waals surface area contributed by atoms with Crippen molar-refractivity contribution < 1.29 is 34.8 Å². The van der Waals surface area contributed by atoms with Crippen LogP contribution in [-0.4, -0.2) is 5.11 Å². The molecule has 3 aromatic carbocycles. The molecular weight excluding hydrogens is 433 g/mol. The summed E-state index contributed by atoms with van der Waals surface area (Å²) in [7, 11) is 0. The van der Waals surface area contributed by atoms with Gasteiger partial charge >= 0.3 is 0 Å². The summed E-state index contributed by atoms with van der Waals surface area (Å²) in [5, 5.41) is 11.6. The number of benzene rings is 3. The Labute approximate surface area is 173 Å². The van der Waals surface area contributed by atoms with Crippen LogP contribution in [0.2, 0.25) is 0 Å². The predicted molar refractivity (Wildman–Crippen MR) is 103 cm³/mol. The average molecular weight is 459 g/mol. The smallest absolute Gasteiger partial charge is 0.131 e. The second kappa shape index (κ2) is 8.80. The first kappa shape index (κ1) is 20.6. The Kier molecular flexibility index (Phi) is 6.98. The van der Waals surface area contributed by atoms with Gasteiger partial charge in [-0.1, -0.05) is 66.7 Å². The molecule has 0 aliphatic carbocycles. The molecule has 0 heterocycles. The highest BCUT2D eigenvalue weighted by Gasteiger charge is 2.31. The highest BCUT2D eigenvalue weighted by atomic mass is 127. The van der Waals surface area contributed by atoms with Crippen LogP contribution in [0.4, 0.5) is 5.69 Å². The van der Waals surface area contributed by atoms with Crippen LogP contribution >= 0.6 is 0 Å². The van der Waals surface area contributed by atoms with E-state index in [2.05, 4.69) is 31.7 Å². The fraction of sp³-hybridized carbons (Fsp3) is 0.217. The molecule has 0 saturated heterocycles. The van der Waals surface area contributed by atoms with E-state index in [4.69, 9.17) is 0 Å². The molecule has 3 heteroatoms. The maximum atomic E-state index is 11.6. The number of quaternary nitrogens is 1. The molecule has 3 aromatic rings. The molecule has 0 spiro atoms. The van der Waals surface area contributed by atoms with Gasteiger partial charge in [-0.15, -0.1) is 0 Å². The number of rotatable bonds is 5. The Morgan fingerprint density at radius 1 is 0.808 bits per heavy atom. The van der Waals surface area contributed by atoms with E-state index in [-0.39, 0.29) is 24.0 Å². The number of hydrogen-bond acceptors (Lipinski definition) is 1. The summed E-state index contributed by atoms with van der Waals surface area (Å²) >= 11 is 0. The van der Waals surface area contributed by atoms with Crippen molar-refractivity contribution in [2.24, 2.45) is 0 Å². The molecular formula is C23H26INO. The zero-order chi connectivity index (χ0) is 17.9. The second-order valence-electron chi connectivity index (χ2n) is 6.74. The van der Waals surface area contributed by atoms with Crippen molar-refractivity contribution >= 4 is 5.69 Å². The van der Waals surface area contributed by atoms with E-state index < -0.39 is 5.60 Å². The van der Waals surface area contributed by atoms with Gasteiger partial charge < -0.3 is 34.8 Å². The average Bonchev–Trinajstić information content (AvgIpc) is 2.66. The van der Waals surface area contributed by atoms with E-state index in [0.717, 1.165) is 23.2 Å². The lowest BCUT2D eigenvalue weighted by molar-refractivity contribution is -0.255. The third kappa shape index (κ3) is 4.17. The largest absolute Gasteiger partial charge is 1.00 e. The minimum Gasteiger partial charge on any atom is -1.00 e. The van der Waals surface area contributed by atoms with Crippen LogP contribution in [0.1, 0.15) is 34.2 Å². The molecule has 0 aliphatic rings. The summed E-state index contributed by atoms with van der Waals surface area (Å²) in [4.78, 5) is 0. The molecule has 0 aromatic heterocycles. The molecule has 0 fully saturated rings. The van der Waals surface area contributed by atoms with Crippen molar-refractivity contribution in [3.63, 3.8) is 0 Å². The van der Waals surface area contributed by atoms with E-state index >= 15 is 0 Å². The van der Waals surface area contributed by atoms with Gasteiger partial charge in [-0.2, -0.15) is 0 Å². The lowest BCUT2D eigenvalue weighted by Gasteiger charge is -2.30. The van der Waals surface area contributed by atoms with Crippen LogP contribution < -0.4 is 29.7 Å². The fourth-order valence-electron chi connectivity index (χ4n) is 3.47. The van der Waals surface area contributed by atoms with Crippen LogP contribution in [0.25, 0.3) is 0 Å². The Bertz CT molecular complexity index is 807. The molecule has 0 aliphatic heterocycles. The summed E-state index contributed by atoms with van der Waals surface area (Å²) in [5.41, 5.74) is 9.87. The normalized spacial score (nSPS) is 11.1. The number of aliphatic hydroxyl groups is 1. The number of halogens is 1. The van der Waals surface area contributed by atoms with Gasteiger partial charge in [-0.3, -0.25) is 0 Å². The van der Waals surface area contributed by atoms with Gasteiger partial charge in [0.2, 0.25) is 0 Å². The molecule has 0 bridgehead atoms. The molecule has 136 valence electrons. The molecule has 0 atom stereocenters. The zero-order valence-electron chi connectivity index (χ0n) is 15.4. The van der Waals surface area contributed by atoms with Crippen LogP contribution in [0.3, 0.4) is 0 Å². The highest BCUT2D eigenvalue weighted by molar-refractivity contribution is 5.48. The van der Waals surface area contributed by atoms with Crippen molar-refractivity contribution in [1.29, 1.82) is 0 Å². The van der Waals surface area contributed by atoms with Gasteiger partial charge in [0, 0.05) is 5.56 Å². The van der Waals surface area contributed by atoms with Crippen LogP contribution in [-0.2, 0) is 12.0 Å². The third-order valence-electron chi connectivity index (χ3n) is 5.21. The second-order valence-corrected chi connectivity index (χ2v) is 6.74. The lowest BCUT2D eigenvalue weighted by Crippen LogP contribution is -3.00. The van der Waals surface area contributed by atoms with Crippen molar-refractivity contribution in [2.75, 3.05) is 0 Å². The van der Waals surface area contributed by atoms with E-state index in [9.17, 15) is 5.11 Å². The summed E-state index contributed by atoms with van der Waals surface area (Å²) in [6.07, 6.45) is 1.40. The monoisotopic (exact) mass is 459 g/mol. The SMILES string of the molecule is Cc1ccc([NH3+])c(CCC(O)(c2ccccc2)c2ccccc2)c1C.[I-]. The van der Waals surface area contributed by atoms with E-state index in [0.29, 0.717) is 6.42 Å². The van der Waals surface area contributed by atoms with E-state index in [1.807, 2.05) is 60.7 Å². The van der Waals surface area contributed by atoms with E-state index in [1.54, 1.807) is 0 Å². The zero-order valence-corrected chi connectivity index (χ0v) is 17.5. The summed E-state index contributed by atoms with van der Waals surface area (Å²) < 4.78 is 0. The molecule has 0 saturated carbocycles. The van der Waals surface area contributed by atoms with Crippen LogP contribution in [0.15, 0.2) is 72.8 Å². The van der Waals surface area contributed by atoms with Gasteiger partial charge in [0.1, 0.15) is 11.3 Å². The maximum Gasteiger partial charge on any atom is 0.131 e. The van der Waals surface area contributed by atoms with Gasteiger partial charge in [-0.25, -0.2) is 0 Å². The van der Waals surface area contributed by atoms with Gasteiger partial charge in [0.05, 0.1) is 0 Å². The van der Waals surface area contributed by atoms with Gasteiger partial charge in [-0.05, 0) is 55.0 Å². The summed E-state index contributed by atoms with van der Waals surface area (Å²) in [6.45, 7) is 4.27. The molecule has 2 nitrogen and oxygen atoms in total.